The first-order chi connectivity index (χ1) is 10.3. The molecule has 1 amide bonds. The monoisotopic (exact) mass is 284 g/mol. The number of para-hydroxylation sites is 3. The van der Waals surface area contributed by atoms with Crippen molar-refractivity contribution in [3.63, 3.8) is 0 Å². The highest BCUT2D eigenvalue weighted by atomic mass is 16.5. The first kappa shape index (κ1) is 14.9. The normalized spacial score (nSPS) is 9.95. The van der Waals surface area contributed by atoms with Crippen molar-refractivity contribution < 1.29 is 9.53 Å². The molecule has 4 nitrogen and oxygen atoms in total. The topological polar surface area (TPSA) is 50.4 Å². The Kier molecular flexibility index (Phi) is 5.64. The van der Waals surface area contributed by atoms with Crippen molar-refractivity contribution >= 4 is 17.3 Å². The minimum atomic E-state index is -0.0912. The number of ether oxygens (including phenoxy) is 1. The van der Waals surface area contributed by atoms with E-state index in [2.05, 4.69) is 17.6 Å². The summed E-state index contributed by atoms with van der Waals surface area (Å²) in [4.78, 5) is 11.9. The fraction of sp³-hybridized carbons (Fsp3) is 0.235. The van der Waals surface area contributed by atoms with Crippen molar-refractivity contribution in [3.05, 3.63) is 54.6 Å². The van der Waals surface area contributed by atoms with E-state index in [1.54, 1.807) is 0 Å². The van der Waals surface area contributed by atoms with Gasteiger partial charge in [-0.25, -0.2) is 0 Å². The Balaban J connectivity index is 1.89. The number of rotatable bonds is 7. The molecule has 110 valence electrons. The molecule has 2 aromatic carbocycles. The van der Waals surface area contributed by atoms with Gasteiger partial charge >= 0.3 is 0 Å². The van der Waals surface area contributed by atoms with E-state index >= 15 is 0 Å². The quantitative estimate of drug-likeness (QED) is 0.818. The van der Waals surface area contributed by atoms with E-state index < -0.39 is 0 Å². The molecule has 4 heteroatoms. The van der Waals surface area contributed by atoms with Crippen molar-refractivity contribution in [2.24, 2.45) is 0 Å². The van der Waals surface area contributed by atoms with Gasteiger partial charge in [0, 0.05) is 5.69 Å². The number of hydrogen-bond donors (Lipinski definition) is 2. The van der Waals surface area contributed by atoms with Gasteiger partial charge in [-0.05, 0) is 30.7 Å². The lowest BCUT2D eigenvalue weighted by Crippen LogP contribution is -2.21. The fourth-order valence-electron chi connectivity index (χ4n) is 1.85. The standard InChI is InChI=1S/C17H20N2O2/c1-2-12-21-16-11-7-6-10-15(16)18-13-17(20)19-14-8-4-3-5-9-14/h3-11,18H,2,12-13H2,1H3,(H,19,20). The summed E-state index contributed by atoms with van der Waals surface area (Å²) in [5.41, 5.74) is 1.62. The van der Waals surface area contributed by atoms with E-state index in [0.717, 1.165) is 23.5 Å². The Labute approximate surface area is 125 Å². The van der Waals surface area contributed by atoms with Crippen LogP contribution in [0.3, 0.4) is 0 Å². The Hall–Kier alpha value is -2.49. The van der Waals surface area contributed by atoms with E-state index in [0.29, 0.717) is 6.61 Å². The zero-order valence-corrected chi connectivity index (χ0v) is 12.1. The van der Waals surface area contributed by atoms with Crippen molar-refractivity contribution in [1.82, 2.24) is 0 Å². The zero-order valence-electron chi connectivity index (χ0n) is 12.1. The molecular formula is C17H20N2O2. The maximum atomic E-state index is 11.9. The predicted octanol–water partition coefficient (Wildman–Crippen LogP) is 3.53. The van der Waals surface area contributed by atoms with Crippen molar-refractivity contribution in [2.45, 2.75) is 13.3 Å². The highest BCUT2D eigenvalue weighted by Gasteiger charge is 2.05. The minimum absolute atomic E-state index is 0.0912. The molecule has 0 unspecified atom stereocenters. The van der Waals surface area contributed by atoms with Gasteiger partial charge in [0.2, 0.25) is 5.91 Å². The highest BCUT2D eigenvalue weighted by molar-refractivity contribution is 5.93. The molecule has 0 aliphatic rings. The number of amides is 1. The summed E-state index contributed by atoms with van der Waals surface area (Å²) in [5, 5.41) is 5.94. The van der Waals surface area contributed by atoms with Gasteiger partial charge in [-0.3, -0.25) is 4.79 Å². The Morgan fingerprint density at radius 1 is 1.05 bits per heavy atom. The van der Waals surface area contributed by atoms with Gasteiger partial charge in [0.25, 0.3) is 0 Å². The van der Waals surface area contributed by atoms with Gasteiger partial charge in [0.05, 0.1) is 18.8 Å². The third-order valence-electron chi connectivity index (χ3n) is 2.85. The van der Waals surface area contributed by atoms with Crippen LogP contribution in [0.4, 0.5) is 11.4 Å². The molecule has 0 heterocycles. The van der Waals surface area contributed by atoms with E-state index in [1.165, 1.54) is 0 Å². The molecule has 0 radical (unpaired) electrons. The lowest BCUT2D eigenvalue weighted by molar-refractivity contribution is -0.114. The Bertz CT molecular complexity index is 570. The van der Waals surface area contributed by atoms with Gasteiger partial charge in [-0.15, -0.1) is 0 Å². The molecule has 0 saturated carbocycles. The Morgan fingerprint density at radius 2 is 1.76 bits per heavy atom. The average Bonchev–Trinajstić information content (AvgIpc) is 2.52. The van der Waals surface area contributed by atoms with Crippen LogP contribution >= 0.6 is 0 Å². The first-order valence-corrected chi connectivity index (χ1v) is 7.10. The molecule has 0 aliphatic carbocycles. The van der Waals surface area contributed by atoms with Crippen LogP contribution in [0.1, 0.15) is 13.3 Å². The van der Waals surface area contributed by atoms with Crippen LogP contribution in [0.15, 0.2) is 54.6 Å². The molecule has 0 aliphatic heterocycles. The second-order valence-corrected chi connectivity index (χ2v) is 4.61. The summed E-state index contributed by atoms with van der Waals surface area (Å²) < 4.78 is 5.64. The molecule has 0 fully saturated rings. The number of hydrogen-bond acceptors (Lipinski definition) is 3. The smallest absolute Gasteiger partial charge is 0.243 e. The van der Waals surface area contributed by atoms with E-state index in [9.17, 15) is 4.79 Å². The summed E-state index contributed by atoms with van der Waals surface area (Å²) in [6.07, 6.45) is 0.947. The maximum absolute atomic E-state index is 11.9. The lowest BCUT2D eigenvalue weighted by atomic mass is 10.3. The molecule has 0 atom stereocenters. The molecule has 0 bridgehead atoms. The van der Waals surface area contributed by atoms with Gasteiger partial charge in [0.1, 0.15) is 5.75 Å². The number of nitrogens with one attached hydrogen (secondary N) is 2. The fourth-order valence-corrected chi connectivity index (χ4v) is 1.85. The molecule has 2 aromatic rings. The highest BCUT2D eigenvalue weighted by Crippen LogP contribution is 2.23. The van der Waals surface area contributed by atoms with Crippen LogP contribution < -0.4 is 15.4 Å². The number of carbonyl (C=O) groups is 1. The van der Waals surface area contributed by atoms with E-state index in [1.807, 2.05) is 54.6 Å². The molecule has 0 saturated heterocycles. The first-order valence-electron chi connectivity index (χ1n) is 7.10. The van der Waals surface area contributed by atoms with Crippen LogP contribution in [0, 0.1) is 0 Å². The van der Waals surface area contributed by atoms with Crippen LogP contribution in [-0.4, -0.2) is 19.1 Å². The van der Waals surface area contributed by atoms with Crippen LogP contribution in [0.25, 0.3) is 0 Å². The number of benzene rings is 2. The van der Waals surface area contributed by atoms with E-state index in [4.69, 9.17) is 4.74 Å². The molecule has 2 rings (SSSR count). The predicted molar refractivity (Wildman–Crippen MR) is 85.8 cm³/mol. The van der Waals surface area contributed by atoms with Gasteiger partial charge in [-0.1, -0.05) is 37.3 Å². The minimum Gasteiger partial charge on any atom is -0.491 e. The van der Waals surface area contributed by atoms with Gasteiger partial charge in [-0.2, -0.15) is 0 Å². The number of anilines is 2. The largest absolute Gasteiger partial charge is 0.491 e. The van der Waals surface area contributed by atoms with Crippen molar-refractivity contribution in [2.75, 3.05) is 23.8 Å². The second kappa shape index (κ2) is 7.94. The lowest BCUT2D eigenvalue weighted by Gasteiger charge is -2.12. The second-order valence-electron chi connectivity index (χ2n) is 4.61. The third-order valence-corrected chi connectivity index (χ3v) is 2.85. The molecule has 21 heavy (non-hydrogen) atoms. The number of carbonyl (C=O) groups excluding carboxylic acids is 1. The van der Waals surface area contributed by atoms with Crippen molar-refractivity contribution in [3.8, 4) is 5.75 Å². The summed E-state index contributed by atoms with van der Waals surface area (Å²) in [6, 6.07) is 17.0. The van der Waals surface area contributed by atoms with Crippen LogP contribution in [0.5, 0.6) is 5.75 Å². The molecule has 0 spiro atoms. The summed E-state index contributed by atoms with van der Waals surface area (Å²) >= 11 is 0. The van der Waals surface area contributed by atoms with Gasteiger partial charge < -0.3 is 15.4 Å². The third kappa shape index (κ3) is 4.84. The maximum Gasteiger partial charge on any atom is 0.243 e. The summed E-state index contributed by atoms with van der Waals surface area (Å²) in [5.74, 6) is 0.679. The van der Waals surface area contributed by atoms with Crippen LogP contribution in [0.2, 0.25) is 0 Å². The molecular weight excluding hydrogens is 264 g/mol. The summed E-state index contributed by atoms with van der Waals surface area (Å²) in [7, 11) is 0. The zero-order chi connectivity index (χ0) is 14.9. The van der Waals surface area contributed by atoms with E-state index in [-0.39, 0.29) is 12.5 Å². The molecule has 0 aromatic heterocycles. The van der Waals surface area contributed by atoms with Gasteiger partial charge in [0.15, 0.2) is 0 Å². The average molecular weight is 284 g/mol. The Morgan fingerprint density at radius 3 is 2.52 bits per heavy atom. The van der Waals surface area contributed by atoms with Crippen molar-refractivity contribution in [1.29, 1.82) is 0 Å². The molecule has 2 N–H and O–H groups in total. The summed E-state index contributed by atoms with van der Waals surface area (Å²) in [6.45, 7) is 2.92. The SMILES string of the molecule is CCCOc1ccccc1NCC(=O)Nc1ccccc1. The van der Waals surface area contributed by atoms with Crippen LogP contribution in [-0.2, 0) is 4.79 Å².